The molecule has 92 valence electrons. The Morgan fingerprint density at radius 3 is 2.35 bits per heavy atom. The third kappa shape index (κ3) is 3.10. The maximum absolute atomic E-state index is 13.2. The van der Waals surface area contributed by atoms with Crippen LogP contribution >= 0.6 is 0 Å². The molecule has 0 fully saturated rings. The Kier molecular flexibility index (Phi) is 3.91. The van der Waals surface area contributed by atoms with Gasteiger partial charge in [0, 0.05) is 0 Å². The summed E-state index contributed by atoms with van der Waals surface area (Å²) in [6, 6.07) is 0.991. The minimum atomic E-state index is -1.26. The summed E-state index contributed by atoms with van der Waals surface area (Å²) >= 11 is 0. The summed E-state index contributed by atoms with van der Waals surface area (Å²) in [5, 5.41) is 10.3. The molecule has 1 rings (SSSR count). The van der Waals surface area contributed by atoms with E-state index in [0.29, 0.717) is 12.1 Å². The van der Waals surface area contributed by atoms with Crippen LogP contribution in [0, 0.1) is 21.7 Å². The van der Waals surface area contributed by atoms with Crippen molar-refractivity contribution in [2.24, 2.45) is 0 Å². The maximum Gasteiger partial charge on any atom is 0.343 e. The first-order chi connectivity index (χ1) is 7.95. The zero-order valence-corrected chi connectivity index (χ0v) is 8.61. The molecule has 0 N–H and O–H groups in total. The quantitative estimate of drug-likeness (QED) is 0.456. The molecule has 0 amide bonds. The minimum Gasteiger partial charge on any atom is -0.476 e. The number of carbonyl (C=O) groups is 1. The van der Waals surface area contributed by atoms with Crippen LogP contribution in [-0.2, 0) is 9.53 Å². The molecule has 8 heteroatoms. The number of nitrogens with zero attached hydrogens (tertiary/aromatic N) is 1. The van der Waals surface area contributed by atoms with Gasteiger partial charge < -0.3 is 9.47 Å². The molecule has 0 aliphatic rings. The molecule has 1 aromatic carbocycles. The van der Waals surface area contributed by atoms with Crippen molar-refractivity contribution >= 4 is 11.7 Å². The van der Waals surface area contributed by atoms with Crippen molar-refractivity contribution in [2.45, 2.75) is 0 Å². The van der Waals surface area contributed by atoms with Gasteiger partial charge in [-0.1, -0.05) is 0 Å². The van der Waals surface area contributed by atoms with E-state index in [1.807, 2.05) is 0 Å². The van der Waals surface area contributed by atoms with Crippen molar-refractivity contribution < 1.29 is 28.0 Å². The number of carbonyl (C=O) groups excluding carboxylic acids is 1. The molecule has 0 aromatic heterocycles. The molecule has 0 heterocycles. The number of methoxy groups -OCH3 is 1. The SMILES string of the molecule is COC(=O)COc1c(F)cc([N+](=O)[O-])cc1F. The Labute approximate surface area is 93.9 Å². The average molecular weight is 247 g/mol. The molecule has 0 atom stereocenters. The Morgan fingerprint density at radius 2 is 1.94 bits per heavy atom. The normalized spacial score (nSPS) is 9.82. The molecule has 6 nitrogen and oxygen atoms in total. The Balaban J connectivity index is 2.94. The molecular weight excluding hydrogens is 240 g/mol. The maximum atomic E-state index is 13.2. The first kappa shape index (κ1) is 12.8. The van der Waals surface area contributed by atoms with Gasteiger partial charge in [0.1, 0.15) is 0 Å². The van der Waals surface area contributed by atoms with Crippen LogP contribution in [0.15, 0.2) is 12.1 Å². The van der Waals surface area contributed by atoms with Crippen LogP contribution in [0.1, 0.15) is 0 Å². The van der Waals surface area contributed by atoms with Gasteiger partial charge in [0.05, 0.1) is 24.2 Å². The van der Waals surface area contributed by atoms with E-state index in [0.717, 1.165) is 7.11 Å². The predicted molar refractivity (Wildman–Crippen MR) is 50.5 cm³/mol. The number of hydrogen-bond donors (Lipinski definition) is 0. The Bertz CT molecular complexity index is 440. The smallest absolute Gasteiger partial charge is 0.343 e. The van der Waals surface area contributed by atoms with Crippen molar-refractivity contribution in [3.63, 3.8) is 0 Å². The van der Waals surface area contributed by atoms with Gasteiger partial charge in [-0.15, -0.1) is 0 Å². The highest BCUT2D eigenvalue weighted by molar-refractivity contribution is 5.70. The van der Waals surface area contributed by atoms with Crippen molar-refractivity contribution in [1.82, 2.24) is 0 Å². The summed E-state index contributed by atoms with van der Waals surface area (Å²) < 4.78 is 35.1. The molecule has 0 aliphatic heterocycles. The Hall–Kier alpha value is -2.25. The van der Waals surface area contributed by atoms with E-state index in [9.17, 15) is 23.7 Å². The van der Waals surface area contributed by atoms with E-state index in [1.165, 1.54) is 0 Å². The topological polar surface area (TPSA) is 78.7 Å². The molecule has 17 heavy (non-hydrogen) atoms. The predicted octanol–water partition coefficient (Wildman–Crippen LogP) is 1.42. The summed E-state index contributed by atoms with van der Waals surface area (Å²) in [4.78, 5) is 20.0. The van der Waals surface area contributed by atoms with E-state index < -0.39 is 40.6 Å². The third-order valence-electron chi connectivity index (χ3n) is 1.76. The number of esters is 1. The first-order valence-corrected chi connectivity index (χ1v) is 4.28. The number of halogens is 2. The molecule has 0 saturated carbocycles. The highest BCUT2D eigenvalue weighted by Crippen LogP contribution is 2.26. The van der Waals surface area contributed by atoms with Crippen LogP contribution in [0.4, 0.5) is 14.5 Å². The van der Waals surface area contributed by atoms with Crippen LogP contribution in [0.25, 0.3) is 0 Å². The lowest BCUT2D eigenvalue weighted by molar-refractivity contribution is -0.385. The van der Waals surface area contributed by atoms with E-state index in [-0.39, 0.29) is 0 Å². The van der Waals surface area contributed by atoms with Crippen molar-refractivity contribution in [1.29, 1.82) is 0 Å². The summed E-state index contributed by atoms with van der Waals surface area (Å²) in [6.07, 6.45) is 0. The molecule has 0 radical (unpaired) electrons. The van der Waals surface area contributed by atoms with Gasteiger partial charge in [-0.05, 0) is 0 Å². The number of hydrogen-bond acceptors (Lipinski definition) is 5. The second-order valence-electron chi connectivity index (χ2n) is 2.86. The van der Waals surface area contributed by atoms with Gasteiger partial charge in [-0.2, -0.15) is 0 Å². The zero-order chi connectivity index (χ0) is 13.0. The average Bonchev–Trinajstić information content (AvgIpc) is 2.27. The van der Waals surface area contributed by atoms with Crippen LogP contribution in [0.5, 0.6) is 5.75 Å². The molecule has 1 aromatic rings. The molecule has 0 saturated heterocycles. The standard InChI is InChI=1S/C9H7F2NO5/c1-16-8(13)4-17-9-6(10)2-5(12(14)15)3-7(9)11/h2-3H,4H2,1H3. The van der Waals surface area contributed by atoms with Gasteiger partial charge in [0.2, 0.25) is 0 Å². The van der Waals surface area contributed by atoms with E-state index in [4.69, 9.17) is 0 Å². The largest absolute Gasteiger partial charge is 0.476 e. The van der Waals surface area contributed by atoms with E-state index >= 15 is 0 Å². The Morgan fingerprint density at radius 1 is 1.41 bits per heavy atom. The zero-order valence-electron chi connectivity index (χ0n) is 8.61. The van der Waals surface area contributed by atoms with Crippen LogP contribution in [0.3, 0.4) is 0 Å². The summed E-state index contributed by atoms with van der Waals surface area (Å²) in [6.45, 7) is -0.692. The lowest BCUT2D eigenvalue weighted by atomic mass is 10.3. The van der Waals surface area contributed by atoms with Crippen LogP contribution in [-0.4, -0.2) is 24.6 Å². The van der Waals surface area contributed by atoms with Gasteiger partial charge in [0.25, 0.3) is 5.69 Å². The van der Waals surface area contributed by atoms with E-state index in [1.54, 1.807) is 0 Å². The molecule has 0 unspecified atom stereocenters. The van der Waals surface area contributed by atoms with Gasteiger partial charge in [-0.25, -0.2) is 13.6 Å². The van der Waals surface area contributed by atoms with Crippen molar-refractivity contribution in [2.75, 3.05) is 13.7 Å². The summed E-state index contributed by atoms with van der Waals surface area (Å²) in [7, 11) is 1.08. The second kappa shape index (κ2) is 5.19. The molecule has 0 bridgehead atoms. The van der Waals surface area contributed by atoms with Crippen molar-refractivity contribution in [3.8, 4) is 5.75 Å². The number of ether oxygens (including phenoxy) is 2. The highest BCUT2D eigenvalue weighted by Gasteiger charge is 2.19. The fourth-order valence-corrected chi connectivity index (χ4v) is 0.980. The minimum absolute atomic E-state index is 0.496. The number of rotatable bonds is 4. The first-order valence-electron chi connectivity index (χ1n) is 4.28. The molecule has 0 aliphatic carbocycles. The van der Waals surface area contributed by atoms with Gasteiger partial charge in [0.15, 0.2) is 24.0 Å². The molecule has 0 spiro atoms. The monoisotopic (exact) mass is 247 g/mol. The van der Waals surface area contributed by atoms with Crippen molar-refractivity contribution in [3.05, 3.63) is 33.9 Å². The fraction of sp³-hybridized carbons (Fsp3) is 0.222. The second-order valence-corrected chi connectivity index (χ2v) is 2.86. The van der Waals surface area contributed by atoms with Gasteiger partial charge in [-0.3, -0.25) is 10.1 Å². The van der Waals surface area contributed by atoms with E-state index in [2.05, 4.69) is 9.47 Å². The summed E-state index contributed by atoms with van der Waals surface area (Å²) in [5.74, 6) is -4.22. The van der Waals surface area contributed by atoms with Gasteiger partial charge >= 0.3 is 5.97 Å². The number of nitro groups is 1. The summed E-state index contributed by atoms with van der Waals surface area (Å²) in [5.41, 5.74) is -0.745. The lowest BCUT2D eigenvalue weighted by Gasteiger charge is -2.06. The number of nitro benzene ring substituents is 1. The highest BCUT2D eigenvalue weighted by atomic mass is 19.1. The fourth-order valence-electron chi connectivity index (χ4n) is 0.980. The molecular formula is C9H7F2NO5. The number of non-ortho nitro benzene ring substituents is 1. The number of benzene rings is 1. The van der Waals surface area contributed by atoms with Crippen LogP contribution in [0.2, 0.25) is 0 Å². The lowest BCUT2D eigenvalue weighted by Crippen LogP contribution is -2.14. The van der Waals surface area contributed by atoms with Crippen LogP contribution < -0.4 is 4.74 Å². The third-order valence-corrected chi connectivity index (χ3v) is 1.76.